The standard InChI is InChI=1S/C14H16FN3O2S/c1-10-8-12(2-3-13(10)15)21(19,20)18-7-4-11(9-18)14-16-5-6-17-14/h2-3,5-6,8,11H,4,7,9H2,1H3,(H,16,17)/t11-/m1/s1. The lowest BCUT2D eigenvalue weighted by atomic mass is 10.1. The lowest BCUT2D eigenvalue weighted by Crippen LogP contribution is -2.28. The first-order valence-corrected chi connectivity index (χ1v) is 8.18. The number of hydrogen-bond acceptors (Lipinski definition) is 3. The zero-order chi connectivity index (χ0) is 15.0. The maximum atomic E-state index is 13.3. The molecule has 0 unspecified atom stereocenters. The summed E-state index contributed by atoms with van der Waals surface area (Å²) in [5, 5.41) is 0. The van der Waals surface area contributed by atoms with E-state index < -0.39 is 15.8 Å². The Bertz CT molecular complexity index is 744. The molecule has 0 spiro atoms. The minimum Gasteiger partial charge on any atom is -0.348 e. The summed E-state index contributed by atoms with van der Waals surface area (Å²) in [6.45, 7) is 2.40. The highest BCUT2D eigenvalue weighted by Crippen LogP contribution is 2.29. The summed E-state index contributed by atoms with van der Waals surface area (Å²) in [6.07, 6.45) is 4.12. The molecule has 21 heavy (non-hydrogen) atoms. The fourth-order valence-corrected chi connectivity index (χ4v) is 4.18. The Balaban J connectivity index is 1.84. The molecule has 0 amide bonds. The Kier molecular flexibility index (Phi) is 3.54. The molecular weight excluding hydrogens is 293 g/mol. The summed E-state index contributed by atoms with van der Waals surface area (Å²) >= 11 is 0. The quantitative estimate of drug-likeness (QED) is 0.943. The fourth-order valence-electron chi connectivity index (χ4n) is 2.60. The molecule has 1 fully saturated rings. The van der Waals surface area contributed by atoms with Crippen molar-refractivity contribution in [1.29, 1.82) is 0 Å². The van der Waals surface area contributed by atoms with Crippen LogP contribution in [0.2, 0.25) is 0 Å². The van der Waals surface area contributed by atoms with E-state index in [1.54, 1.807) is 19.3 Å². The van der Waals surface area contributed by atoms with Gasteiger partial charge in [-0.15, -0.1) is 0 Å². The third-order valence-electron chi connectivity index (χ3n) is 3.82. The molecule has 1 aliphatic rings. The zero-order valence-electron chi connectivity index (χ0n) is 11.6. The number of aryl methyl sites for hydroxylation is 1. The van der Waals surface area contributed by atoms with Crippen LogP contribution < -0.4 is 0 Å². The number of nitrogens with one attached hydrogen (secondary N) is 1. The van der Waals surface area contributed by atoms with Crippen molar-refractivity contribution in [2.45, 2.75) is 24.2 Å². The van der Waals surface area contributed by atoms with Crippen molar-refractivity contribution in [3.05, 3.63) is 47.8 Å². The molecule has 2 heterocycles. The first kappa shape index (κ1) is 14.2. The van der Waals surface area contributed by atoms with Crippen molar-refractivity contribution >= 4 is 10.0 Å². The van der Waals surface area contributed by atoms with Crippen LogP contribution in [-0.4, -0.2) is 35.8 Å². The molecule has 1 N–H and O–H groups in total. The van der Waals surface area contributed by atoms with Gasteiger partial charge in [0.15, 0.2) is 0 Å². The molecule has 7 heteroatoms. The molecule has 2 aromatic rings. The molecule has 0 radical (unpaired) electrons. The summed E-state index contributed by atoms with van der Waals surface area (Å²) < 4.78 is 39.9. The van der Waals surface area contributed by atoms with Gasteiger partial charge in [0.05, 0.1) is 4.90 Å². The predicted molar refractivity (Wildman–Crippen MR) is 75.8 cm³/mol. The minimum absolute atomic E-state index is 0.0799. The number of H-pyrrole nitrogens is 1. The molecule has 3 rings (SSSR count). The summed E-state index contributed by atoms with van der Waals surface area (Å²) in [7, 11) is -3.58. The van der Waals surface area contributed by atoms with Crippen LogP contribution in [0.3, 0.4) is 0 Å². The third-order valence-corrected chi connectivity index (χ3v) is 5.69. The van der Waals surface area contributed by atoms with Gasteiger partial charge in [-0.1, -0.05) is 0 Å². The number of rotatable bonds is 3. The zero-order valence-corrected chi connectivity index (χ0v) is 12.4. The van der Waals surface area contributed by atoms with Crippen LogP contribution >= 0.6 is 0 Å². The number of imidazole rings is 1. The van der Waals surface area contributed by atoms with Gasteiger partial charge in [0, 0.05) is 31.4 Å². The molecule has 0 saturated carbocycles. The fraction of sp³-hybridized carbons (Fsp3) is 0.357. The Morgan fingerprint density at radius 3 is 2.90 bits per heavy atom. The van der Waals surface area contributed by atoms with Gasteiger partial charge in [-0.3, -0.25) is 0 Å². The van der Waals surface area contributed by atoms with E-state index in [-0.39, 0.29) is 10.8 Å². The molecule has 1 aromatic carbocycles. The van der Waals surface area contributed by atoms with E-state index >= 15 is 0 Å². The summed E-state index contributed by atoms with van der Waals surface area (Å²) in [4.78, 5) is 7.35. The molecule has 5 nitrogen and oxygen atoms in total. The SMILES string of the molecule is Cc1cc(S(=O)(=O)N2CC[C@@H](c3ncc[nH]3)C2)ccc1F. The topological polar surface area (TPSA) is 66.1 Å². The van der Waals surface area contributed by atoms with Crippen molar-refractivity contribution in [3.8, 4) is 0 Å². The second-order valence-corrected chi connectivity index (χ2v) is 7.17. The highest BCUT2D eigenvalue weighted by molar-refractivity contribution is 7.89. The molecule has 112 valence electrons. The van der Waals surface area contributed by atoms with Crippen molar-refractivity contribution in [2.24, 2.45) is 0 Å². The van der Waals surface area contributed by atoms with Gasteiger partial charge in [0.25, 0.3) is 0 Å². The highest BCUT2D eigenvalue weighted by Gasteiger charge is 2.34. The lowest BCUT2D eigenvalue weighted by Gasteiger charge is -2.16. The first-order valence-electron chi connectivity index (χ1n) is 6.74. The van der Waals surface area contributed by atoms with Crippen LogP contribution in [0.25, 0.3) is 0 Å². The maximum Gasteiger partial charge on any atom is 0.243 e. The van der Waals surface area contributed by atoms with Gasteiger partial charge in [-0.25, -0.2) is 17.8 Å². The van der Waals surface area contributed by atoms with Crippen molar-refractivity contribution in [3.63, 3.8) is 0 Å². The minimum atomic E-state index is -3.58. The lowest BCUT2D eigenvalue weighted by molar-refractivity contribution is 0.471. The van der Waals surface area contributed by atoms with Crippen molar-refractivity contribution < 1.29 is 12.8 Å². The van der Waals surface area contributed by atoms with Crippen LogP contribution in [0.4, 0.5) is 4.39 Å². The second-order valence-electron chi connectivity index (χ2n) is 5.23. The van der Waals surface area contributed by atoms with Crippen LogP contribution in [0.1, 0.15) is 23.7 Å². The predicted octanol–water partition coefficient (Wildman–Crippen LogP) is 2.04. The molecule has 1 aliphatic heterocycles. The number of hydrogen-bond donors (Lipinski definition) is 1. The van der Waals surface area contributed by atoms with Crippen LogP contribution in [0.5, 0.6) is 0 Å². The van der Waals surface area contributed by atoms with E-state index in [1.807, 2.05) is 0 Å². The smallest absolute Gasteiger partial charge is 0.243 e. The van der Waals surface area contributed by atoms with E-state index in [1.165, 1.54) is 22.5 Å². The van der Waals surface area contributed by atoms with E-state index in [0.29, 0.717) is 18.7 Å². The maximum absolute atomic E-state index is 13.3. The van der Waals surface area contributed by atoms with Crippen molar-refractivity contribution in [1.82, 2.24) is 14.3 Å². The number of sulfonamides is 1. The highest BCUT2D eigenvalue weighted by atomic mass is 32.2. The van der Waals surface area contributed by atoms with Crippen LogP contribution in [0.15, 0.2) is 35.5 Å². The Labute approximate surface area is 122 Å². The number of aromatic nitrogens is 2. The molecule has 0 aliphatic carbocycles. The van der Waals surface area contributed by atoms with Crippen molar-refractivity contribution in [2.75, 3.05) is 13.1 Å². The van der Waals surface area contributed by atoms with Crippen LogP contribution in [0, 0.1) is 12.7 Å². The molecule has 1 saturated heterocycles. The van der Waals surface area contributed by atoms with Gasteiger partial charge in [0.2, 0.25) is 10.0 Å². The van der Waals surface area contributed by atoms with E-state index in [4.69, 9.17) is 0 Å². The Hall–Kier alpha value is -1.73. The average Bonchev–Trinajstić information content (AvgIpc) is 3.11. The third kappa shape index (κ3) is 2.58. The largest absolute Gasteiger partial charge is 0.348 e. The molecule has 1 atom stereocenters. The number of aromatic amines is 1. The monoisotopic (exact) mass is 309 g/mol. The van der Waals surface area contributed by atoms with E-state index in [0.717, 1.165) is 12.2 Å². The second kappa shape index (κ2) is 5.23. The summed E-state index contributed by atoms with van der Waals surface area (Å²) in [5.74, 6) is 0.489. The molecule has 1 aromatic heterocycles. The average molecular weight is 309 g/mol. The van der Waals surface area contributed by atoms with Gasteiger partial charge in [-0.05, 0) is 37.1 Å². The Morgan fingerprint density at radius 2 is 2.24 bits per heavy atom. The number of halogens is 1. The van der Waals surface area contributed by atoms with Gasteiger partial charge >= 0.3 is 0 Å². The normalized spacial score (nSPS) is 20.0. The molecular formula is C14H16FN3O2S. The van der Waals surface area contributed by atoms with Gasteiger partial charge in [0.1, 0.15) is 11.6 Å². The summed E-state index contributed by atoms with van der Waals surface area (Å²) in [6, 6.07) is 3.89. The van der Waals surface area contributed by atoms with Crippen LogP contribution in [-0.2, 0) is 10.0 Å². The van der Waals surface area contributed by atoms with E-state index in [9.17, 15) is 12.8 Å². The number of nitrogens with zero attached hydrogens (tertiary/aromatic N) is 2. The van der Waals surface area contributed by atoms with Gasteiger partial charge < -0.3 is 4.98 Å². The molecule has 0 bridgehead atoms. The number of benzene rings is 1. The Morgan fingerprint density at radius 1 is 1.43 bits per heavy atom. The summed E-state index contributed by atoms with van der Waals surface area (Å²) in [5.41, 5.74) is 0.331. The van der Waals surface area contributed by atoms with Gasteiger partial charge in [-0.2, -0.15) is 4.31 Å². The first-order chi connectivity index (χ1) is 9.98. The van der Waals surface area contributed by atoms with E-state index in [2.05, 4.69) is 9.97 Å².